The summed E-state index contributed by atoms with van der Waals surface area (Å²) in [5, 5.41) is 10.9. The highest BCUT2D eigenvalue weighted by atomic mass is 32.2. The molecule has 0 atom stereocenters. The maximum Gasteiger partial charge on any atom is 0.322 e. The van der Waals surface area contributed by atoms with Crippen molar-refractivity contribution in [3.63, 3.8) is 0 Å². The Bertz CT molecular complexity index is 1010. The molecule has 0 spiro atoms. The predicted octanol–water partition coefficient (Wildman–Crippen LogP) is 3.22. The maximum absolute atomic E-state index is 13.1. The first-order chi connectivity index (χ1) is 13.8. The molecular formula is C21H25N3O4S. The molecule has 1 N–H and O–H groups in total. The van der Waals surface area contributed by atoms with Gasteiger partial charge in [-0.2, -0.15) is 0 Å². The van der Waals surface area contributed by atoms with E-state index >= 15 is 0 Å². The average molecular weight is 416 g/mol. The van der Waals surface area contributed by atoms with E-state index in [9.17, 15) is 13.2 Å². The number of rotatable bonds is 5. The molecule has 4 saturated carbocycles. The van der Waals surface area contributed by atoms with Crippen molar-refractivity contribution < 1.29 is 17.6 Å². The molecule has 7 nitrogen and oxygen atoms in total. The van der Waals surface area contributed by atoms with Gasteiger partial charge in [0, 0.05) is 6.26 Å². The summed E-state index contributed by atoms with van der Waals surface area (Å²) in [6.45, 7) is 0. The lowest BCUT2D eigenvalue weighted by atomic mass is 9.49. The summed E-state index contributed by atoms with van der Waals surface area (Å²) >= 11 is 0. The van der Waals surface area contributed by atoms with Gasteiger partial charge in [-0.15, -0.1) is 5.10 Å². The van der Waals surface area contributed by atoms with E-state index in [1.54, 1.807) is 24.3 Å². The minimum absolute atomic E-state index is 0.0318. The van der Waals surface area contributed by atoms with Gasteiger partial charge in [-0.3, -0.25) is 10.1 Å². The molecule has 0 radical (unpaired) electrons. The summed E-state index contributed by atoms with van der Waals surface area (Å²) in [4.78, 5) is 13.3. The van der Waals surface area contributed by atoms with Crippen LogP contribution in [0.25, 0.3) is 0 Å². The van der Waals surface area contributed by atoms with Gasteiger partial charge in [-0.1, -0.05) is 17.2 Å². The zero-order valence-corrected chi connectivity index (χ0v) is 17.2. The second-order valence-corrected chi connectivity index (χ2v) is 11.3. The first-order valence-corrected chi connectivity index (χ1v) is 12.1. The molecule has 4 aliphatic rings. The molecule has 4 aliphatic carbocycles. The van der Waals surface area contributed by atoms with Crippen LogP contribution in [0.1, 0.15) is 50.0 Å². The quantitative estimate of drug-likeness (QED) is 0.804. The number of carbonyl (C=O) groups excluding carboxylic acids is 1. The van der Waals surface area contributed by atoms with Crippen molar-refractivity contribution in [2.24, 2.45) is 23.2 Å². The Kier molecular flexibility index (Phi) is 4.31. The summed E-state index contributed by atoms with van der Waals surface area (Å²) in [5.41, 5.74) is 0.602. The Morgan fingerprint density at radius 1 is 1.07 bits per heavy atom. The number of benzene rings is 1. The lowest BCUT2D eigenvalue weighted by Crippen LogP contribution is -2.51. The van der Waals surface area contributed by atoms with Gasteiger partial charge in [0.25, 0.3) is 0 Å². The summed E-state index contributed by atoms with van der Waals surface area (Å²) in [5.74, 6) is 2.50. The van der Waals surface area contributed by atoms with E-state index in [1.807, 2.05) is 0 Å². The standard InChI is InChI=1S/C21H25N3O4S/c1-29(26,27)17-4-2-13(3-5-17)9-18-23-24-20(28-18)22-19(25)21-10-14-6-15(11-21)8-16(7-14)12-21/h2-5,14-16H,6-12H2,1H3,(H,22,24,25). The van der Waals surface area contributed by atoms with Gasteiger partial charge in [0.1, 0.15) is 0 Å². The number of aromatic nitrogens is 2. The van der Waals surface area contributed by atoms with Crippen LogP contribution < -0.4 is 5.32 Å². The Hall–Kier alpha value is -2.22. The van der Waals surface area contributed by atoms with Gasteiger partial charge in [0.15, 0.2) is 9.84 Å². The molecule has 4 fully saturated rings. The molecule has 2 aromatic rings. The van der Waals surface area contributed by atoms with Gasteiger partial charge in [0.05, 0.1) is 16.7 Å². The Labute approximate surface area is 170 Å². The Balaban J connectivity index is 1.25. The number of anilines is 1. The summed E-state index contributed by atoms with van der Waals surface area (Å²) in [6.07, 6.45) is 8.37. The number of hydrogen-bond donors (Lipinski definition) is 1. The number of nitrogens with one attached hydrogen (secondary N) is 1. The van der Waals surface area contributed by atoms with Crippen molar-refractivity contribution in [3.8, 4) is 0 Å². The molecule has 29 heavy (non-hydrogen) atoms. The van der Waals surface area contributed by atoms with E-state index < -0.39 is 9.84 Å². The summed E-state index contributed by atoms with van der Waals surface area (Å²) in [6, 6.07) is 6.74. The molecular weight excluding hydrogens is 390 g/mol. The smallest absolute Gasteiger partial charge is 0.322 e. The lowest BCUT2D eigenvalue weighted by molar-refractivity contribution is -0.140. The van der Waals surface area contributed by atoms with Crippen molar-refractivity contribution in [2.75, 3.05) is 11.6 Å². The molecule has 1 heterocycles. The van der Waals surface area contributed by atoms with E-state index in [1.165, 1.54) is 25.5 Å². The van der Waals surface area contributed by atoms with Crippen molar-refractivity contribution in [2.45, 2.75) is 49.8 Å². The van der Waals surface area contributed by atoms with Crippen molar-refractivity contribution >= 4 is 21.8 Å². The van der Waals surface area contributed by atoms with Crippen LogP contribution in [-0.2, 0) is 21.1 Å². The molecule has 0 saturated heterocycles. The van der Waals surface area contributed by atoms with Crippen molar-refractivity contribution in [1.82, 2.24) is 10.2 Å². The van der Waals surface area contributed by atoms with Crippen LogP contribution >= 0.6 is 0 Å². The van der Waals surface area contributed by atoms with Gasteiger partial charge >= 0.3 is 6.01 Å². The second kappa shape index (κ2) is 6.65. The summed E-state index contributed by atoms with van der Waals surface area (Å²) < 4.78 is 28.8. The molecule has 1 amide bonds. The molecule has 0 aliphatic heterocycles. The minimum atomic E-state index is -3.22. The van der Waals surface area contributed by atoms with Crippen LogP contribution in [0.2, 0.25) is 0 Å². The molecule has 0 unspecified atom stereocenters. The highest BCUT2D eigenvalue weighted by Crippen LogP contribution is 2.60. The summed E-state index contributed by atoms with van der Waals surface area (Å²) in [7, 11) is -3.22. The van der Waals surface area contributed by atoms with E-state index in [0.717, 1.165) is 24.8 Å². The molecule has 8 heteroatoms. The first-order valence-electron chi connectivity index (χ1n) is 10.2. The first kappa shape index (κ1) is 18.8. The zero-order valence-electron chi connectivity index (χ0n) is 16.4. The fourth-order valence-corrected chi connectivity index (χ4v) is 6.65. The molecule has 1 aromatic heterocycles. The van der Waals surface area contributed by atoms with Crippen molar-refractivity contribution in [3.05, 3.63) is 35.7 Å². The zero-order chi connectivity index (χ0) is 20.2. The molecule has 6 rings (SSSR count). The number of amides is 1. The number of carbonyl (C=O) groups is 1. The van der Waals surface area contributed by atoms with Crippen LogP contribution in [0.4, 0.5) is 6.01 Å². The topological polar surface area (TPSA) is 102 Å². The average Bonchev–Trinajstić information content (AvgIpc) is 3.07. The van der Waals surface area contributed by atoms with E-state index in [-0.39, 0.29) is 22.2 Å². The fraction of sp³-hybridized carbons (Fsp3) is 0.571. The SMILES string of the molecule is CS(=O)(=O)c1ccc(Cc2nnc(NC(=O)C34CC5CC(CC(C5)C3)C4)o2)cc1. The maximum atomic E-state index is 13.1. The fourth-order valence-electron chi connectivity index (χ4n) is 6.02. The van der Waals surface area contributed by atoms with Crippen LogP contribution in [0.5, 0.6) is 0 Å². The molecule has 4 bridgehead atoms. The largest absolute Gasteiger partial charge is 0.407 e. The van der Waals surface area contributed by atoms with Crippen LogP contribution in [0.15, 0.2) is 33.6 Å². The third-order valence-corrected chi connectivity index (χ3v) is 8.04. The van der Waals surface area contributed by atoms with Gasteiger partial charge < -0.3 is 4.42 Å². The van der Waals surface area contributed by atoms with Gasteiger partial charge in [0.2, 0.25) is 11.8 Å². The Morgan fingerprint density at radius 3 is 2.21 bits per heavy atom. The molecule has 1 aromatic carbocycles. The highest BCUT2D eigenvalue weighted by Gasteiger charge is 2.54. The van der Waals surface area contributed by atoms with E-state index in [2.05, 4.69) is 15.5 Å². The number of hydrogen-bond acceptors (Lipinski definition) is 6. The predicted molar refractivity (Wildman–Crippen MR) is 106 cm³/mol. The van der Waals surface area contributed by atoms with Gasteiger partial charge in [-0.05, 0) is 74.0 Å². The van der Waals surface area contributed by atoms with Gasteiger partial charge in [-0.25, -0.2) is 8.42 Å². The molecule has 154 valence electrons. The third kappa shape index (κ3) is 3.58. The second-order valence-electron chi connectivity index (χ2n) is 9.25. The van der Waals surface area contributed by atoms with Crippen LogP contribution in [-0.4, -0.2) is 30.8 Å². The van der Waals surface area contributed by atoms with Crippen LogP contribution in [0, 0.1) is 23.2 Å². The minimum Gasteiger partial charge on any atom is -0.407 e. The van der Waals surface area contributed by atoms with Crippen LogP contribution in [0.3, 0.4) is 0 Å². The lowest BCUT2D eigenvalue weighted by Gasteiger charge is -2.55. The number of sulfone groups is 1. The van der Waals surface area contributed by atoms with E-state index in [4.69, 9.17) is 4.42 Å². The van der Waals surface area contributed by atoms with E-state index in [0.29, 0.717) is 30.1 Å². The highest BCUT2D eigenvalue weighted by molar-refractivity contribution is 7.90. The van der Waals surface area contributed by atoms with Crippen molar-refractivity contribution in [1.29, 1.82) is 0 Å². The number of nitrogens with zero attached hydrogens (tertiary/aromatic N) is 2. The Morgan fingerprint density at radius 2 is 1.66 bits per heavy atom. The third-order valence-electron chi connectivity index (χ3n) is 6.91. The monoisotopic (exact) mass is 415 g/mol. The normalized spacial score (nSPS) is 30.4.